The lowest BCUT2D eigenvalue weighted by molar-refractivity contribution is -0.141. The summed E-state index contributed by atoms with van der Waals surface area (Å²) in [5.41, 5.74) is 4.14. The summed E-state index contributed by atoms with van der Waals surface area (Å²) < 4.78 is 0. The summed E-state index contributed by atoms with van der Waals surface area (Å²) in [5, 5.41) is 3.11. The van der Waals surface area contributed by atoms with E-state index < -0.39 is 6.04 Å². The van der Waals surface area contributed by atoms with Gasteiger partial charge in [-0.25, -0.2) is 0 Å². The predicted octanol–water partition coefficient (Wildman–Crippen LogP) is 5.09. The molecular weight excluding hydrogens is 408 g/mol. The fourth-order valence-corrected chi connectivity index (χ4v) is 3.76. The average molecular weight is 443 g/mol. The van der Waals surface area contributed by atoms with Crippen LogP contribution in [0.3, 0.4) is 0 Å². The highest BCUT2D eigenvalue weighted by molar-refractivity contribution is 5.89. The number of hydrogen-bond acceptors (Lipinski definition) is 2. The quantitative estimate of drug-likeness (QED) is 0.475. The van der Waals surface area contributed by atoms with Gasteiger partial charge >= 0.3 is 0 Å². The lowest BCUT2D eigenvalue weighted by Gasteiger charge is -2.32. The van der Waals surface area contributed by atoms with Crippen molar-refractivity contribution in [3.63, 3.8) is 0 Å². The third-order valence-corrected chi connectivity index (χ3v) is 5.94. The first kappa shape index (κ1) is 24.2. The minimum Gasteiger partial charge on any atom is -0.352 e. The number of nitrogens with zero attached hydrogens (tertiary/aromatic N) is 1. The number of carbonyl (C=O) groups is 2. The SMILES string of the molecule is CC[C@@H](C)NC(=O)[C@@H](Cc1ccccc1)N(Cc1ccccc1)C(=O)Cc1ccc(C)cc1. The molecule has 0 fully saturated rings. The molecule has 1 N–H and O–H groups in total. The molecule has 0 bridgehead atoms. The maximum Gasteiger partial charge on any atom is 0.243 e. The first-order valence-electron chi connectivity index (χ1n) is 11.7. The highest BCUT2D eigenvalue weighted by Gasteiger charge is 2.30. The Morgan fingerprint density at radius 1 is 0.818 bits per heavy atom. The Morgan fingerprint density at radius 2 is 1.39 bits per heavy atom. The standard InChI is InChI=1S/C29H34N2O2/c1-4-23(3)30-29(33)27(19-24-11-7-5-8-12-24)31(21-26-13-9-6-10-14-26)28(32)20-25-17-15-22(2)16-18-25/h5-18,23,27H,4,19-21H2,1-3H3,(H,30,33)/t23-,27-/m1/s1. The van der Waals surface area contributed by atoms with Gasteiger partial charge in [-0.15, -0.1) is 0 Å². The van der Waals surface area contributed by atoms with Crippen molar-refractivity contribution in [1.82, 2.24) is 10.2 Å². The highest BCUT2D eigenvalue weighted by atomic mass is 16.2. The van der Waals surface area contributed by atoms with Gasteiger partial charge in [-0.3, -0.25) is 9.59 Å². The summed E-state index contributed by atoms with van der Waals surface area (Å²) in [6.45, 7) is 6.45. The van der Waals surface area contributed by atoms with E-state index in [4.69, 9.17) is 0 Å². The van der Waals surface area contributed by atoms with Crippen LogP contribution in [0.5, 0.6) is 0 Å². The van der Waals surface area contributed by atoms with Crippen LogP contribution in [0, 0.1) is 6.92 Å². The smallest absolute Gasteiger partial charge is 0.243 e. The molecule has 0 aliphatic carbocycles. The molecule has 33 heavy (non-hydrogen) atoms. The fraction of sp³-hybridized carbons (Fsp3) is 0.310. The molecule has 3 rings (SSSR count). The van der Waals surface area contributed by atoms with Gasteiger partial charge in [-0.1, -0.05) is 97.4 Å². The van der Waals surface area contributed by atoms with E-state index in [-0.39, 0.29) is 24.3 Å². The molecule has 0 aromatic heterocycles. The maximum absolute atomic E-state index is 13.6. The number of carbonyl (C=O) groups excluding carboxylic acids is 2. The molecule has 0 aliphatic rings. The average Bonchev–Trinajstić information content (AvgIpc) is 2.83. The van der Waals surface area contributed by atoms with Crippen LogP contribution in [-0.4, -0.2) is 28.8 Å². The van der Waals surface area contributed by atoms with Gasteiger partial charge in [0, 0.05) is 19.0 Å². The van der Waals surface area contributed by atoms with E-state index in [1.54, 1.807) is 4.90 Å². The van der Waals surface area contributed by atoms with Crippen LogP contribution in [0.15, 0.2) is 84.9 Å². The molecule has 0 radical (unpaired) electrons. The summed E-state index contributed by atoms with van der Waals surface area (Å²) in [6, 6.07) is 27.2. The molecule has 4 heteroatoms. The van der Waals surface area contributed by atoms with Gasteiger partial charge in [0.25, 0.3) is 0 Å². The van der Waals surface area contributed by atoms with E-state index in [0.29, 0.717) is 13.0 Å². The van der Waals surface area contributed by atoms with Crippen LogP contribution in [0.25, 0.3) is 0 Å². The minimum atomic E-state index is -0.598. The summed E-state index contributed by atoms with van der Waals surface area (Å²) in [4.78, 5) is 28.8. The monoisotopic (exact) mass is 442 g/mol. The number of benzene rings is 3. The second-order valence-electron chi connectivity index (χ2n) is 8.69. The zero-order valence-corrected chi connectivity index (χ0v) is 19.8. The molecule has 172 valence electrons. The van der Waals surface area contributed by atoms with Gasteiger partial charge in [0.2, 0.25) is 11.8 Å². The molecule has 4 nitrogen and oxygen atoms in total. The molecule has 0 heterocycles. The molecule has 0 unspecified atom stereocenters. The van der Waals surface area contributed by atoms with Crippen molar-refractivity contribution >= 4 is 11.8 Å². The Kier molecular flexibility index (Phi) is 8.82. The van der Waals surface area contributed by atoms with E-state index >= 15 is 0 Å². The zero-order valence-electron chi connectivity index (χ0n) is 19.8. The largest absolute Gasteiger partial charge is 0.352 e. The Morgan fingerprint density at radius 3 is 1.97 bits per heavy atom. The van der Waals surface area contributed by atoms with Gasteiger partial charge in [-0.05, 0) is 37.0 Å². The summed E-state index contributed by atoms with van der Waals surface area (Å²) >= 11 is 0. The van der Waals surface area contributed by atoms with Crippen molar-refractivity contribution < 1.29 is 9.59 Å². The molecule has 0 saturated heterocycles. The maximum atomic E-state index is 13.6. The van der Waals surface area contributed by atoms with Crippen LogP contribution in [0.1, 0.15) is 42.5 Å². The number of aryl methyl sites for hydroxylation is 1. The molecule has 3 aromatic carbocycles. The van der Waals surface area contributed by atoms with E-state index in [0.717, 1.165) is 28.7 Å². The van der Waals surface area contributed by atoms with Crippen molar-refractivity contribution in [3.8, 4) is 0 Å². The predicted molar refractivity (Wildman–Crippen MR) is 134 cm³/mol. The molecule has 0 aliphatic heterocycles. The first-order valence-corrected chi connectivity index (χ1v) is 11.7. The Hall–Kier alpha value is -3.40. The van der Waals surface area contributed by atoms with E-state index in [2.05, 4.69) is 5.32 Å². The molecule has 3 aromatic rings. The van der Waals surface area contributed by atoms with Gasteiger partial charge in [0.05, 0.1) is 6.42 Å². The van der Waals surface area contributed by atoms with Crippen LogP contribution < -0.4 is 5.32 Å². The Bertz CT molecular complexity index is 1020. The normalized spacial score (nSPS) is 12.6. The van der Waals surface area contributed by atoms with Gasteiger partial charge in [-0.2, -0.15) is 0 Å². The summed E-state index contributed by atoms with van der Waals surface area (Å²) in [6.07, 6.45) is 1.56. The van der Waals surface area contributed by atoms with Gasteiger partial charge in [0.15, 0.2) is 0 Å². The number of rotatable bonds is 10. The number of amides is 2. The van der Waals surface area contributed by atoms with Crippen LogP contribution >= 0.6 is 0 Å². The second kappa shape index (κ2) is 12.0. The van der Waals surface area contributed by atoms with E-state index in [1.165, 1.54) is 0 Å². The molecule has 0 saturated carbocycles. The number of hydrogen-bond donors (Lipinski definition) is 1. The third kappa shape index (κ3) is 7.31. The number of nitrogens with one attached hydrogen (secondary N) is 1. The molecule has 2 amide bonds. The summed E-state index contributed by atoms with van der Waals surface area (Å²) in [5.74, 6) is -0.163. The topological polar surface area (TPSA) is 49.4 Å². The van der Waals surface area contributed by atoms with Gasteiger partial charge in [0.1, 0.15) is 6.04 Å². The Balaban J connectivity index is 1.94. The van der Waals surface area contributed by atoms with Crippen molar-refractivity contribution in [2.75, 3.05) is 0 Å². The molecule has 2 atom stereocenters. The fourth-order valence-electron chi connectivity index (χ4n) is 3.76. The van der Waals surface area contributed by atoms with Crippen LogP contribution in [0.4, 0.5) is 0 Å². The summed E-state index contributed by atoms with van der Waals surface area (Å²) in [7, 11) is 0. The third-order valence-electron chi connectivity index (χ3n) is 5.94. The highest BCUT2D eigenvalue weighted by Crippen LogP contribution is 2.17. The molecular formula is C29H34N2O2. The second-order valence-corrected chi connectivity index (χ2v) is 8.69. The van der Waals surface area contributed by atoms with Crippen molar-refractivity contribution in [3.05, 3.63) is 107 Å². The van der Waals surface area contributed by atoms with Crippen molar-refractivity contribution in [2.45, 2.75) is 58.7 Å². The zero-order chi connectivity index (χ0) is 23.6. The van der Waals surface area contributed by atoms with Crippen LogP contribution in [0.2, 0.25) is 0 Å². The van der Waals surface area contributed by atoms with E-state index in [9.17, 15) is 9.59 Å². The van der Waals surface area contributed by atoms with E-state index in [1.807, 2.05) is 106 Å². The Labute approximate surface area is 197 Å². The lowest BCUT2D eigenvalue weighted by Crippen LogP contribution is -2.52. The molecule has 0 spiro atoms. The van der Waals surface area contributed by atoms with Crippen molar-refractivity contribution in [1.29, 1.82) is 0 Å². The van der Waals surface area contributed by atoms with Gasteiger partial charge < -0.3 is 10.2 Å². The lowest BCUT2D eigenvalue weighted by atomic mass is 10.0. The van der Waals surface area contributed by atoms with Crippen LogP contribution in [-0.2, 0) is 29.0 Å². The minimum absolute atomic E-state index is 0.0431. The van der Waals surface area contributed by atoms with Crippen molar-refractivity contribution in [2.24, 2.45) is 0 Å². The first-order chi connectivity index (χ1) is 16.0.